The van der Waals surface area contributed by atoms with Gasteiger partial charge < -0.3 is 24.2 Å². The van der Waals surface area contributed by atoms with E-state index in [1.54, 1.807) is 30.1 Å². The first kappa shape index (κ1) is 31.8. The fourth-order valence-corrected chi connectivity index (χ4v) is 8.02. The molecule has 2 aliphatic heterocycles. The van der Waals surface area contributed by atoms with E-state index in [0.717, 1.165) is 16.0 Å². The molecule has 1 N–H and O–H groups in total. The normalized spacial score (nSPS) is 19.4. The van der Waals surface area contributed by atoms with E-state index in [-0.39, 0.29) is 35.8 Å². The molecule has 2 amide bonds. The highest BCUT2D eigenvalue weighted by Crippen LogP contribution is 2.37. The number of ether oxygens (including phenoxy) is 1. The topological polar surface area (TPSA) is 123 Å². The summed E-state index contributed by atoms with van der Waals surface area (Å²) < 4.78 is 8.53. The Labute approximate surface area is 282 Å². The Bertz CT molecular complexity index is 2010. The molecule has 0 saturated carbocycles. The second kappa shape index (κ2) is 13.0. The number of likely N-dealkylation sites (tertiary alicyclic amines) is 2. The third kappa shape index (κ3) is 6.13. The van der Waals surface area contributed by atoms with E-state index in [2.05, 4.69) is 9.97 Å². The lowest BCUT2D eigenvalue weighted by Gasteiger charge is -2.43. The van der Waals surface area contributed by atoms with Gasteiger partial charge in [-0.25, -0.2) is 9.97 Å². The van der Waals surface area contributed by atoms with Crippen molar-refractivity contribution >= 4 is 34.2 Å². The Morgan fingerprint density at radius 1 is 1.02 bits per heavy atom. The van der Waals surface area contributed by atoms with Crippen LogP contribution in [0.3, 0.4) is 0 Å². The van der Waals surface area contributed by atoms with E-state index in [1.807, 2.05) is 71.4 Å². The number of nitrogens with zero attached hydrogens (tertiary/aromatic N) is 6. The first-order valence-electron chi connectivity index (χ1n) is 16.2. The summed E-state index contributed by atoms with van der Waals surface area (Å²) in [6.07, 6.45) is 6.24. The van der Waals surface area contributed by atoms with Gasteiger partial charge >= 0.3 is 0 Å². The molecule has 6 heterocycles. The van der Waals surface area contributed by atoms with Gasteiger partial charge in [0.05, 0.1) is 29.5 Å². The van der Waals surface area contributed by atoms with Crippen molar-refractivity contribution in [2.24, 2.45) is 13.0 Å². The minimum absolute atomic E-state index is 0.0411. The number of hydrogen-bond donors (Lipinski definition) is 1. The molecule has 5 aromatic rings. The molecule has 2 fully saturated rings. The summed E-state index contributed by atoms with van der Waals surface area (Å²) >= 11 is 1.44. The lowest BCUT2D eigenvalue weighted by Crippen LogP contribution is -2.53. The standard InChI is InChI=1S/C36H38N6O5S/c1-39-16-11-27-32(39)38-23-42(34(27)44)22-36(46)13-18-40(19-14-36)33(43)26-12-17-41(21-28(26)24-6-4-3-5-7-24)35(45)30-9-8-29(48-30)25-10-15-37-31(20-25)47-2/h3-11,15-16,20,23,26,28,46H,12-14,17-19,21-22H2,1-2H3/t26-,28+/m1/s1. The number of aryl methyl sites for hydroxylation is 1. The van der Waals surface area contributed by atoms with Crippen molar-refractivity contribution in [3.63, 3.8) is 0 Å². The zero-order chi connectivity index (χ0) is 33.4. The quantitative estimate of drug-likeness (QED) is 0.277. The summed E-state index contributed by atoms with van der Waals surface area (Å²) in [5.41, 5.74) is 1.26. The van der Waals surface area contributed by atoms with Crippen molar-refractivity contribution in [3.8, 4) is 16.3 Å². The van der Waals surface area contributed by atoms with Gasteiger partial charge in [0.25, 0.3) is 11.5 Å². The van der Waals surface area contributed by atoms with Crippen molar-refractivity contribution < 1.29 is 19.4 Å². The second-order valence-corrected chi connectivity index (χ2v) is 13.9. The molecule has 0 aliphatic carbocycles. The monoisotopic (exact) mass is 666 g/mol. The van der Waals surface area contributed by atoms with Gasteiger partial charge in [-0.05, 0) is 54.7 Å². The van der Waals surface area contributed by atoms with Crippen LogP contribution in [-0.2, 0) is 18.4 Å². The van der Waals surface area contributed by atoms with E-state index in [1.165, 1.54) is 22.2 Å². The molecule has 2 atom stereocenters. The van der Waals surface area contributed by atoms with Crippen LogP contribution in [0.15, 0.2) is 84.2 Å². The molecule has 12 heteroatoms. The largest absolute Gasteiger partial charge is 0.481 e. The lowest BCUT2D eigenvalue weighted by atomic mass is 9.79. The number of thiophene rings is 1. The van der Waals surface area contributed by atoms with Crippen LogP contribution in [0.1, 0.15) is 40.4 Å². The second-order valence-electron chi connectivity index (χ2n) is 12.8. The molecule has 0 radical (unpaired) electrons. The molecule has 11 nitrogen and oxygen atoms in total. The van der Waals surface area contributed by atoms with Gasteiger partial charge in [0.15, 0.2) is 0 Å². The molecular weight excluding hydrogens is 629 g/mol. The molecule has 0 unspecified atom stereocenters. The molecule has 248 valence electrons. The van der Waals surface area contributed by atoms with Crippen molar-refractivity contribution in [1.82, 2.24) is 28.9 Å². The number of aromatic nitrogens is 4. The molecule has 2 aliphatic rings. The number of fused-ring (bicyclic) bond motifs is 1. The SMILES string of the molecule is COc1cc(-c2ccc(C(=O)N3CC[C@@H](C(=O)N4CCC(O)(Cn5cnc6c(ccn6C)c5=O)CC4)[C@H](c4ccccc4)C3)s2)ccn1. The molecule has 0 bridgehead atoms. The molecule has 0 spiro atoms. The van der Waals surface area contributed by atoms with Crippen LogP contribution < -0.4 is 10.3 Å². The lowest BCUT2D eigenvalue weighted by molar-refractivity contribution is -0.142. The van der Waals surface area contributed by atoms with E-state index in [0.29, 0.717) is 67.2 Å². The van der Waals surface area contributed by atoms with Crippen molar-refractivity contribution in [3.05, 3.63) is 100 Å². The fourth-order valence-electron chi connectivity index (χ4n) is 7.05. The summed E-state index contributed by atoms with van der Waals surface area (Å²) in [4.78, 5) is 54.9. The summed E-state index contributed by atoms with van der Waals surface area (Å²) in [5.74, 6) is 0.0666. The number of piperidine rings is 2. The highest BCUT2D eigenvalue weighted by atomic mass is 32.1. The fraction of sp³-hybridized carbons (Fsp3) is 0.361. The summed E-state index contributed by atoms with van der Waals surface area (Å²) in [5, 5.41) is 12.0. The van der Waals surface area contributed by atoms with Crippen LogP contribution in [-0.4, -0.2) is 84.7 Å². The van der Waals surface area contributed by atoms with Gasteiger partial charge in [-0.15, -0.1) is 11.3 Å². The number of aliphatic hydroxyl groups is 1. The number of amides is 2. The minimum atomic E-state index is -1.12. The van der Waals surface area contributed by atoms with Gasteiger partial charge in [-0.3, -0.25) is 19.0 Å². The van der Waals surface area contributed by atoms with Crippen molar-refractivity contribution in [2.75, 3.05) is 33.3 Å². The number of methoxy groups -OCH3 is 1. The zero-order valence-corrected chi connectivity index (χ0v) is 27.8. The Morgan fingerprint density at radius 3 is 2.58 bits per heavy atom. The number of carbonyl (C=O) groups excluding carboxylic acids is 2. The number of carbonyl (C=O) groups is 2. The number of pyridine rings is 1. The average molecular weight is 667 g/mol. The van der Waals surface area contributed by atoms with Gasteiger partial charge in [0, 0.05) is 68.4 Å². The Balaban J connectivity index is 1.04. The highest BCUT2D eigenvalue weighted by Gasteiger charge is 2.42. The van der Waals surface area contributed by atoms with E-state index < -0.39 is 5.60 Å². The van der Waals surface area contributed by atoms with E-state index in [4.69, 9.17) is 4.74 Å². The highest BCUT2D eigenvalue weighted by molar-refractivity contribution is 7.17. The van der Waals surface area contributed by atoms with Gasteiger partial charge in [-0.2, -0.15) is 0 Å². The summed E-state index contributed by atoms with van der Waals surface area (Å²) in [7, 11) is 3.41. The van der Waals surface area contributed by atoms with Gasteiger partial charge in [0.2, 0.25) is 11.8 Å². The van der Waals surface area contributed by atoms with E-state index >= 15 is 0 Å². The number of hydrogen-bond acceptors (Lipinski definition) is 8. The van der Waals surface area contributed by atoms with E-state index in [9.17, 15) is 19.5 Å². The maximum Gasteiger partial charge on any atom is 0.263 e. The van der Waals surface area contributed by atoms with Gasteiger partial charge in [0.1, 0.15) is 12.0 Å². The Morgan fingerprint density at radius 2 is 1.81 bits per heavy atom. The van der Waals surface area contributed by atoms with Crippen molar-refractivity contribution in [1.29, 1.82) is 0 Å². The smallest absolute Gasteiger partial charge is 0.263 e. The minimum Gasteiger partial charge on any atom is -0.481 e. The molecule has 7 rings (SSSR count). The first-order chi connectivity index (χ1) is 23.2. The maximum atomic E-state index is 14.1. The van der Waals surface area contributed by atoms with Crippen LogP contribution in [0.25, 0.3) is 21.5 Å². The summed E-state index contributed by atoms with van der Waals surface area (Å²) in [6, 6.07) is 19.3. The third-order valence-corrected chi connectivity index (χ3v) is 10.9. The Hall–Kier alpha value is -4.81. The molecule has 2 saturated heterocycles. The summed E-state index contributed by atoms with van der Waals surface area (Å²) in [6.45, 7) is 1.82. The van der Waals surface area contributed by atoms with Crippen molar-refractivity contribution in [2.45, 2.75) is 37.3 Å². The van der Waals surface area contributed by atoms with Gasteiger partial charge in [-0.1, -0.05) is 30.3 Å². The van der Waals surface area contributed by atoms with Crippen LogP contribution in [0.2, 0.25) is 0 Å². The average Bonchev–Trinajstić information content (AvgIpc) is 3.77. The van der Waals surface area contributed by atoms with Crippen LogP contribution in [0, 0.1) is 5.92 Å². The van der Waals surface area contributed by atoms with Crippen LogP contribution in [0.5, 0.6) is 5.88 Å². The number of benzene rings is 1. The zero-order valence-electron chi connectivity index (χ0n) is 27.0. The molecule has 1 aromatic carbocycles. The molecule has 4 aromatic heterocycles. The van der Waals surface area contributed by atoms with Crippen LogP contribution >= 0.6 is 11.3 Å². The molecular formula is C36H38N6O5S. The maximum absolute atomic E-state index is 14.1. The van der Waals surface area contributed by atoms with Crippen LogP contribution in [0.4, 0.5) is 0 Å². The predicted molar refractivity (Wildman–Crippen MR) is 183 cm³/mol. The Kier molecular flexibility index (Phi) is 8.61. The molecule has 48 heavy (non-hydrogen) atoms. The first-order valence-corrected chi connectivity index (χ1v) is 17.0. The number of rotatable bonds is 7. The predicted octanol–water partition coefficient (Wildman–Crippen LogP) is 4.17. The third-order valence-electron chi connectivity index (χ3n) is 9.81.